The molecule has 0 spiro atoms. The summed E-state index contributed by atoms with van der Waals surface area (Å²) in [6.45, 7) is 0.851. The van der Waals surface area contributed by atoms with Crippen LogP contribution in [0.1, 0.15) is 43.7 Å². The average molecular weight is 238 g/mol. The number of hydrogen-bond donors (Lipinski definition) is 1. The molecule has 2 N–H and O–H groups in total. The second kappa shape index (κ2) is 6.07. The van der Waals surface area contributed by atoms with Crippen LogP contribution in [0.3, 0.4) is 0 Å². The zero-order valence-corrected chi connectivity index (χ0v) is 9.94. The Kier molecular flexibility index (Phi) is 4.45. The van der Waals surface area contributed by atoms with Gasteiger partial charge >= 0.3 is 0 Å². The molecule has 0 radical (unpaired) electrons. The van der Waals surface area contributed by atoms with E-state index in [4.69, 9.17) is 10.5 Å². The van der Waals surface area contributed by atoms with Gasteiger partial charge in [0, 0.05) is 24.4 Å². The van der Waals surface area contributed by atoms with Crippen molar-refractivity contribution < 1.29 is 9.13 Å². The standard InChI is InChI=1S/C13H19FN2O/c14-12-9-16-7-6-11(12)13(15)5-4-10-3-1-2-8-17-10/h6-7,9-10,13H,1-5,8,15H2. The predicted octanol–water partition coefficient (Wildman–Crippen LogP) is 2.57. The second-order valence-electron chi connectivity index (χ2n) is 4.57. The molecule has 17 heavy (non-hydrogen) atoms. The van der Waals surface area contributed by atoms with Crippen molar-refractivity contribution in [3.8, 4) is 0 Å². The highest BCUT2D eigenvalue weighted by atomic mass is 19.1. The third-order valence-corrected chi connectivity index (χ3v) is 3.28. The summed E-state index contributed by atoms with van der Waals surface area (Å²) >= 11 is 0. The van der Waals surface area contributed by atoms with Crippen LogP contribution in [0.15, 0.2) is 18.5 Å². The molecular formula is C13H19FN2O. The van der Waals surface area contributed by atoms with Crippen LogP contribution in [0.25, 0.3) is 0 Å². The van der Waals surface area contributed by atoms with Crippen LogP contribution in [-0.4, -0.2) is 17.7 Å². The number of rotatable bonds is 4. The van der Waals surface area contributed by atoms with Crippen molar-refractivity contribution in [3.05, 3.63) is 29.8 Å². The molecule has 1 saturated heterocycles. The quantitative estimate of drug-likeness (QED) is 0.877. The first-order chi connectivity index (χ1) is 8.27. The van der Waals surface area contributed by atoms with E-state index < -0.39 is 0 Å². The molecule has 0 amide bonds. The molecule has 2 atom stereocenters. The minimum Gasteiger partial charge on any atom is -0.378 e. The van der Waals surface area contributed by atoms with Gasteiger partial charge in [-0.15, -0.1) is 0 Å². The number of halogens is 1. The summed E-state index contributed by atoms with van der Waals surface area (Å²) in [5.41, 5.74) is 6.54. The fraction of sp³-hybridized carbons (Fsp3) is 0.615. The van der Waals surface area contributed by atoms with Crippen molar-refractivity contribution >= 4 is 0 Å². The van der Waals surface area contributed by atoms with Crippen LogP contribution in [0.5, 0.6) is 0 Å². The molecule has 1 aromatic heterocycles. The first-order valence-corrected chi connectivity index (χ1v) is 6.24. The van der Waals surface area contributed by atoms with Crippen LogP contribution in [0.4, 0.5) is 4.39 Å². The van der Waals surface area contributed by atoms with Crippen molar-refractivity contribution in [1.29, 1.82) is 0 Å². The van der Waals surface area contributed by atoms with Crippen molar-refractivity contribution in [2.75, 3.05) is 6.61 Å². The molecule has 0 bridgehead atoms. The zero-order chi connectivity index (χ0) is 12.1. The van der Waals surface area contributed by atoms with E-state index in [1.165, 1.54) is 12.6 Å². The number of aromatic nitrogens is 1. The van der Waals surface area contributed by atoms with E-state index in [-0.39, 0.29) is 11.9 Å². The lowest BCUT2D eigenvalue weighted by Gasteiger charge is -2.23. The number of hydrogen-bond acceptors (Lipinski definition) is 3. The Morgan fingerprint density at radius 2 is 2.41 bits per heavy atom. The van der Waals surface area contributed by atoms with E-state index in [2.05, 4.69) is 4.98 Å². The van der Waals surface area contributed by atoms with Gasteiger partial charge in [-0.1, -0.05) is 0 Å². The first-order valence-electron chi connectivity index (χ1n) is 6.24. The van der Waals surface area contributed by atoms with E-state index in [9.17, 15) is 4.39 Å². The Balaban J connectivity index is 1.84. The fourth-order valence-electron chi connectivity index (χ4n) is 2.24. The van der Waals surface area contributed by atoms with Gasteiger partial charge < -0.3 is 10.5 Å². The second-order valence-corrected chi connectivity index (χ2v) is 4.57. The highest BCUT2D eigenvalue weighted by Gasteiger charge is 2.17. The summed E-state index contributed by atoms with van der Waals surface area (Å²) in [4.78, 5) is 3.72. The Bertz CT molecular complexity index is 353. The molecule has 0 aromatic carbocycles. The maximum absolute atomic E-state index is 13.4. The van der Waals surface area contributed by atoms with Gasteiger partial charge in [0.2, 0.25) is 0 Å². The monoisotopic (exact) mass is 238 g/mol. The number of pyridine rings is 1. The van der Waals surface area contributed by atoms with Crippen LogP contribution in [0.2, 0.25) is 0 Å². The highest BCUT2D eigenvalue weighted by molar-refractivity contribution is 5.16. The smallest absolute Gasteiger partial charge is 0.146 e. The van der Waals surface area contributed by atoms with Gasteiger partial charge in [-0.25, -0.2) is 4.39 Å². The Hall–Kier alpha value is -1.00. The largest absolute Gasteiger partial charge is 0.378 e. The molecule has 1 aliphatic rings. The summed E-state index contributed by atoms with van der Waals surface area (Å²) in [6, 6.07) is 1.39. The first kappa shape index (κ1) is 12.5. The summed E-state index contributed by atoms with van der Waals surface area (Å²) < 4.78 is 19.1. The lowest BCUT2D eigenvalue weighted by Crippen LogP contribution is -2.21. The number of ether oxygens (including phenoxy) is 1. The molecule has 2 unspecified atom stereocenters. The molecule has 1 aromatic rings. The number of nitrogens with zero attached hydrogens (tertiary/aromatic N) is 1. The minimum absolute atomic E-state index is 0.261. The van der Waals surface area contributed by atoms with E-state index in [0.717, 1.165) is 32.3 Å². The highest BCUT2D eigenvalue weighted by Crippen LogP contribution is 2.23. The van der Waals surface area contributed by atoms with Gasteiger partial charge in [0.1, 0.15) is 5.82 Å². The summed E-state index contributed by atoms with van der Waals surface area (Å²) in [5, 5.41) is 0. The van der Waals surface area contributed by atoms with Gasteiger partial charge in [0.15, 0.2) is 0 Å². The van der Waals surface area contributed by atoms with Gasteiger partial charge in [-0.05, 0) is 38.2 Å². The number of nitrogens with two attached hydrogens (primary N) is 1. The minimum atomic E-state index is -0.315. The molecule has 3 nitrogen and oxygen atoms in total. The molecule has 4 heteroatoms. The predicted molar refractivity (Wildman–Crippen MR) is 63.9 cm³/mol. The van der Waals surface area contributed by atoms with Gasteiger partial charge in [-0.3, -0.25) is 4.98 Å². The van der Waals surface area contributed by atoms with Gasteiger partial charge in [0.25, 0.3) is 0 Å². The third-order valence-electron chi connectivity index (χ3n) is 3.28. The molecule has 0 saturated carbocycles. The van der Waals surface area contributed by atoms with Crippen molar-refractivity contribution in [2.24, 2.45) is 5.73 Å². The molecule has 1 aliphatic heterocycles. The Morgan fingerprint density at radius 3 is 3.12 bits per heavy atom. The zero-order valence-electron chi connectivity index (χ0n) is 9.94. The van der Waals surface area contributed by atoms with E-state index in [1.807, 2.05) is 0 Å². The average Bonchev–Trinajstić information content (AvgIpc) is 2.38. The van der Waals surface area contributed by atoms with Crippen LogP contribution >= 0.6 is 0 Å². The molecular weight excluding hydrogens is 219 g/mol. The van der Waals surface area contributed by atoms with E-state index in [1.54, 1.807) is 12.3 Å². The lowest BCUT2D eigenvalue weighted by molar-refractivity contribution is 0.00907. The van der Waals surface area contributed by atoms with E-state index >= 15 is 0 Å². The fourth-order valence-corrected chi connectivity index (χ4v) is 2.24. The topological polar surface area (TPSA) is 48.1 Å². The molecule has 0 aliphatic carbocycles. The molecule has 2 rings (SSSR count). The van der Waals surface area contributed by atoms with Crippen molar-refractivity contribution in [1.82, 2.24) is 4.98 Å². The summed E-state index contributed by atoms with van der Waals surface area (Å²) in [6.07, 6.45) is 8.24. The Labute approximate surface area is 101 Å². The summed E-state index contributed by atoms with van der Waals surface area (Å²) in [5.74, 6) is -0.315. The normalized spacial score (nSPS) is 22.4. The van der Waals surface area contributed by atoms with Crippen LogP contribution in [-0.2, 0) is 4.74 Å². The van der Waals surface area contributed by atoms with Gasteiger partial charge in [0.05, 0.1) is 12.3 Å². The van der Waals surface area contributed by atoms with Crippen molar-refractivity contribution in [2.45, 2.75) is 44.2 Å². The lowest BCUT2D eigenvalue weighted by atomic mass is 9.98. The molecule has 1 fully saturated rings. The van der Waals surface area contributed by atoms with Gasteiger partial charge in [-0.2, -0.15) is 0 Å². The van der Waals surface area contributed by atoms with Crippen LogP contribution < -0.4 is 5.73 Å². The van der Waals surface area contributed by atoms with E-state index in [0.29, 0.717) is 11.7 Å². The molecule has 94 valence electrons. The van der Waals surface area contributed by atoms with Crippen LogP contribution in [0, 0.1) is 5.82 Å². The SMILES string of the molecule is NC(CCC1CCCCO1)c1ccncc1F. The van der Waals surface area contributed by atoms with Crippen molar-refractivity contribution in [3.63, 3.8) is 0 Å². The Morgan fingerprint density at radius 1 is 1.53 bits per heavy atom. The molecule has 2 heterocycles. The third kappa shape index (κ3) is 3.48. The maximum Gasteiger partial charge on any atom is 0.146 e. The maximum atomic E-state index is 13.4. The summed E-state index contributed by atoms with van der Waals surface area (Å²) in [7, 11) is 0.